The van der Waals surface area contributed by atoms with E-state index >= 15 is 0 Å². The van der Waals surface area contributed by atoms with Crippen LogP contribution >= 0.6 is 0 Å². The summed E-state index contributed by atoms with van der Waals surface area (Å²) in [6, 6.07) is 5.09. The topological polar surface area (TPSA) is 64.4 Å². The van der Waals surface area contributed by atoms with E-state index in [9.17, 15) is 4.79 Å². The van der Waals surface area contributed by atoms with Crippen molar-refractivity contribution in [2.75, 3.05) is 19.9 Å². The zero-order valence-corrected chi connectivity index (χ0v) is 7.63. The van der Waals surface area contributed by atoms with Crippen molar-refractivity contribution in [3.8, 4) is 5.75 Å². The summed E-state index contributed by atoms with van der Waals surface area (Å²) in [5.41, 5.74) is 6.43. The lowest BCUT2D eigenvalue weighted by Crippen LogP contribution is -2.20. The normalized spacial score (nSPS) is 9.38. The monoisotopic (exact) mass is 180 g/mol. The van der Waals surface area contributed by atoms with Gasteiger partial charge in [0.25, 0.3) is 5.91 Å². The second-order valence-corrected chi connectivity index (χ2v) is 2.50. The van der Waals surface area contributed by atoms with Gasteiger partial charge in [-0.25, -0.2) is 0 Å². The minimum atomic E-state index is -0.241. The van der Waals surface area contributed by atoms with E-state index in [1.54, 1.807) is 25.2 Å². The number of carbonyl (C=O) groups is 1. The largest absolute Gasteiger partial charge is 0.496 e. The molecule has 0 atom stereocenters. The highest BCUT2D eigenvalue weighted by Crippen LogP contribution is 2.23. The molecule has 0 aromatic heterocycles. The summed E-state index contributed by atoms with van der Waals surface area (Å²) in [4.78, 5) is 11.3. The predicted octanol–water partition coefficient (Wildman–Crippen LogP) is 0.637. The van der Waals surface area contributed by atoms with Crippen LogP contribution in [0.25, 0.3) is 0 Å². The number of methoxy groups -OCH3 is 1. The standard InChI is InChI=1S/C9H12N2O2/c1-11-9(12)8-6(10)4-3-5-7(8)13-2/h3-5H,10H2,1-2H3,(H,11,12). The van der Waals surface area contributed by atoms with Crippen molar-refractivity contribution in [1.82, 2.24) is 5.32 Å². The van der Waals surface area contributed by atoms with Crippen LogP contribution in [0.15, 0.2) is 18.2 Å². The molecule has 0 saturated heterocycles. The van der Waals surface area contributed by atoms with Crippen LogP contribution in [-0.4, -0.2) is 20.1 Å². The Morgan fingerprint density at radius 2 is 2.23 bits per heavy atom. The van der Waals surface area contributed by atoms with Crippen molar-refractivity contribution in [1.29, 1.82) is 0 Å². The van der Waals surface area contributed by atoms with Crippen LogP contribution in [-0.2, 0) is 0 Å². The fourth-order valence-corrected chi connectivity index (χ4v) is 1.09. The van der Waals surface area contributed by atoms with Gasteiger partial charge < -0.3 is 15.8 Å². The predicted molar refractivity (Wildman–Crippen MR) is 50.8 cm³/mol. The number of hydrogen-bond acceptors (Lipinski definition) is 3. The molecule has 0 radical (unpaired) electrons. The van der Waals surface area contributed by atoms with Gasteiger partial charge in [0.05, 0.1) is 7.11 Å². The Morgan fingerprint density at radius 3 is 2.77 bits per heavy atom. The number of carbonyl (C=O) groups excluding carboxylic acids is 1. The summed E-state index contributed by atoms with van der Waals surface area (Å²) >= 11 is 0. The van der Waals surface area contributed by atoms with Crippen molar-refractivity contribution < 1.29 is 9.53 Å². The average Bonchev–Trinajstić information content (AvgIpc) is 2.16. The third-order valence-electron chi connectivity index (χ3n) is 1.73. The molecule has 0 spiro atoms. The molecule has 0 unspecified atom stereocenters. The summed E-state index contributed by atoms with van der Waals surface area (Å²) in [7, 11) is 3.05. The van der Waals surface area contributed by atoms with Gasteiger partial charge in [0.1, 0.15) is 11.3 Å². The summed E-state index contributed by atoms with van der Waals surface area (Å²) < 4.78 is 5.01. The summed E-state index contributed by atoms with van der Waals surface area (Å²) in [6.45, 7) is 0. The molecule has 1 aromatic carbocycles. The molecule has 0 aliphatic rings. The third kappa shape index (κ3) is 1.72. The maximum atomic E-state index is 11.3. The van der Waals surface area contributed by atoms with Crippen LogP contribution in [0.4, 0.5) is 5.69 Å². The van der Waals surface area contributed by atoms with Gasteiger partial charge in [-0.05, 0) is 12.1 Å². The molecule has 0 bridgehead atoms. The molecule has 0 heterocycles. The molecule has 1 amide bonds. The van der Waals surface area contributed by atoms with Gasteiger partial charge >= 0.3 is 0 Å². The van der Waals surface area contributed by atoms with Crippen LogP contribution in [0, 0.1) is 0 Å². The Kier molecular flexibility index (Phi) is 2.74. The van der Waals surface area contributed by atoms with Gasteiger partial charge in [-0.2, -0.15) is 0 Å². The third-order valence-corrected chi connectivity index (χ3v) is 1.73. The van der Waals surface area contributed by atoms with E-state index in [0.29, 0.717) is 17.0 Å². The van der Waals surface area contributed by atoms with E-state index in [0.717, 1.165) is 0 Å². The first-order valence-corrected chi connectivity index (χ1v) is 3.85. The van der Waals surface area contributed by atoms with Gasteiger partial charge in [0, 0.05) is 12.7 Å². The Bertz CT molecular complexity index is 323. The molecule has 13 heavy (non-hydrogen) atoms. The molecule has 0 aliphatic carbocycles. The fraction of sp³-hybridized carbons (Fsp3) is 0.222. The van der Waals surface area contributed by atoms with Gasteiger partial charge in [-0.1, -0.05) is 6.07 Å². The summed E-state index contributed by atoms with van der Waals surface area (Å²) in [5.74, 6) is 0.245. The maximum absolute atomic E-state index is 11.3. The number of hydrogen-bond donors (Lipinski definition) is 2. The van der Waals surface area contributed by atoms with Gasteiger partial charge in [-0.3, -0.25) is 4.79 Å². The quantitative estimate of drug-likeness (QED) is 0.656. The van der Waals surface area contributed by atoms with Crippen molar-refractivity contribution in [2.24, 2.45) is 0 Å². The molecule has 0 fully saturated rings. The molecule has 1 rings (SSSR count). The molecular formula is C9H12N2O2. The van der Waals surface area contributed by atoms with E-state index in [1.807, 2.05) is 0 Å². The Balaban J connectivity index is 3.22. The van der Waals surface area contributed by atoms with Gasteiger partial charge in [0.15, 0.2) is 0 Å². The molecular weight excluding hydrogens is 168 g/mol. The Labute approximate surface area is 76.7 Å². The molecule has 1 aromatic rings. The van der Waals surface area contributed by atoms with Crippen LogP contribution in [0.2, 0.25) is 0 Å². The zero-order chi connectivity index (χ0) is 9.84. The van der Waals surface area contributed by atoms with E-state index in [2.05, 4.69) is 5.32 Å². The highest BCUT2D eigenvalue weighted by molar-refractivity contribution is 6.01. The van der Waals surface area contributed by atoms with E-state index in [4.69, 9.17) is 10.5 Å². The molecule has 0 aliphatic heterocycles. The number of anilines is 1. The number of nitrogens with two attached hydrogens (primary N) is 1. The first-order valence-electron chi connectivity index (χ1n) is 3.85. The summed E-state index contributed by atoms with van der Waals surface area (Å²) in [6.07, 6.45) is 0. The van der Waals surface area contributed by atoms with Crippen LogP contribution in [0.1, 0.15) is 10.4 Å². The first-order chi connectivity index (χ1) is 6.20. The van der Waals surface area contributed by atoms with Crippen molar-refractivity contribution in [3.05, 3.63) is 23.8 Å². The Hall–Kier alpha value is -1.71. The van der Waals surface area contributed by atoms with Crippen molar-refractivity contribution >= 4 is 11.6 Å². The number of rotatable bonds is 2. The summed E-state index contributed by atoms with van der Waals surface area (Å²) in [5, 5.41) is 2.50. The number of nitrogens with one attached hydrogen (secondary N) is 1. The lowest BCUT2D eigenvalue weighted by molar-refractivity contribution is 0.0961. The Morgan fingerprint density at radius 1 is 1.54 bits per heavy atom. The van der Waals surface area contributed by atoms with E-state index in [-0.39, 0.29) is 5.91 Å². The number of amides is 1. The highest BCUT2D eigenvalue weighted by Gasteiger charge is 2.13. The molecule has 4 nitrogen and oxygen atoms in total. The molecule has 4 heteroatoms. The minimum Gasteiger partial charge on any atom is -0.496 e. The second-order valence-electron chi connectivity index (χ2n) is 2.50. The highest BCUT2D eigenvalue weighted by atomic mass is 16.5. The lowest BCUT2D eigenvalue weighted by atomic mass is 10.1. The SMILES string of the molecule is CNC(=O)c1c(N)cccc1OC. The van der Waals surface area contributed by atoms with E-state index in [1.165, 1.54) is 7.11 Å². The number of ether oxygens (including phenoxy) is 1. The maximum Gasteiger partial charge on any atom is 0.256 e. The second kappa shape index (κ2) is 3.80. The van der Waals surface area contributed by atoms with Crippen LogP contribution < -0.4 is 15.8 Å². The van der Waals surface area contributed by atoms with Crippen LogP contribution in [0.5, 0.6) is 5.75 Å². The molecule has 0 saturated carbocycles. The number of benzene rings is 1. The van der Waals surface area contributed by atoms with Gasteiger partial charge in [0.2, 0.25) is 0 Å². The smallest absolute Gasteiger partial charge is 0.256 e. The molecule has 70 valence electrons. The minimum absolute atomic E-state index is 0.241. The first kappa shape index (κ1) is 9.38. The van der Waals surface area contributed by atoms with E-state index < -0.39 is 0 Å². The fourth-order valence-electron chi connectivity index (χ4n) is 1.09. The van der Waals surface area contributed by atoms with Crippen LogP contribution in [0.3, 0.4) is 0 Å². The van der Waals surface area contributed by atoms with Crippen molar-refractivity contribution in [3.63, 3.8) is 0 Å². The zero-order valence-electron chi connectivity index (χ0n) is 7.63. The van der Waals surface area contributed by atoms with Crippen molar-refractivity contribution in [2.45, 2.75) is 0 Å². The molecule has 3 N–H and O–H groups in total. The number of nitrogen functional groups attached to an aromatic ring is 1. The average molecular weight is 180 g/mol. The van der Waals surface area contributed by atoms with Gasteiger partial charge in [-0.15, -0.1) is 0 Å². The lowest BCUT2D eigenvalue weighted by Gasteiger charge is -2.08.